The molecule has 1 amide bonds. The zero-order chi connectivity index (χ0) is 15.1. The standard InChI is InChI=1S/C16H28N2O3/c1-15(2)13-12(4-3-7-21-13)16(15,17)14(19)18-10-11-5-8-20-9-6-11/h11-13H,3-10,17H2,1-2H3,(H,18,19). The molecular weight excluding hydrogens is 268 g/mol. The molecule has 0 bridgehead atoms. The average molecular weight is 296 g/mol. The first kappa shape index (κ1) is 15.3. The number of carbonyl (C=O) groups is 1. The lowest BCUT2D eigenvalue weighted by atomic mass is 9.46. The Bertz CT molecular complexity index is 406. The second kappa shape index (κ2) is 5.52. The molecule has 3 fully saturated rings. The Morgan fingerprint density at radius 2 is 1.95 bits per heavy atom. The second-order valence-electron chi connectivity index (χ2n) is 7.40. The number of hydrogen-bond donors (Lipinski definition) is 2. The molecule has 120 valence electrons. The number of carbonyl (C=O) groups excluding carboxylic acids is 1. The maximum absolute atomic E-state index is 12.7. The van der Waals surface area contributed by atoms with Gasteiger partial charge in [-0.25, -0.2) is 0 Å². The lowest BCUT2D eigenvalue weighted by molar-refractivity contribution is -0.225. The van der Waals surface area contributed by atoms with Crippen molar-refractivity contribution in [2.75, 3.05) is 26.4 Å². The van der Waals surface area contributed by atoms with Gasteiger partial charge in [0.15, 0.2) is 0 Å². The quantitative estimate of drug-likeness (QED) is 0.817. The molecule has 1 aliphatic carbocycles. The molecule has 0 aromatic heterocycles. The van der Waals surface area contributed by atoms with Crippen molar-refractivity contribution in [3.8, 4) is 0 Å². The van der Waals surface area contributed by atoms with Crippen molar-refractivity contribution in [3.63, 3.8) is 0 Å². The number of hydrogen-bond acceptors (Lipinski definition) is 4. The minimum absolute atomic E-state index is 0.00532. The molecule has 0 radical (unpaired) electrons. The molecular formula is C16H28N2O3. The topological polar surface area (TPSA) is 73.6 Å². The predicted octanol–water partition coefficient (Wildman–Crippen LogP) is 1.06. The number of nitrogens with one attached hydrogen (secondary N) is 1. The zero-order valence-electron chi connectivity index (χ0n) is 13.2. The van der Waals surface area contributed by atoms with Gasteiger partial charge >= 0.3 is 0 Å². The van der Waals surface area contributed by atoms with Crippen LogP contribution in [0.1, 0.15) is 39.5 Å². The minimum Gasteiger partial charge on any atom is -0.381 e. The molecule has 3 N–H and O–H groups in total. The first-order chi connectivity index (χ1) is 9.98. The van der Waals surface area contributed by atoms with E-state index in [4.69, 9.17) is 15.2 Å². The molecule has 3 atom stereocenters. The van der Waals surface area contributed by atoms with Crippen LogP contribution in [0.25, 0.3) is 0 Å². The molecule has 3 unspecified atom stereocenters. The van der Waals surface area contributed by atoms with E-state index in [2.05, 4.69) is 19.2 Å². The Hall–Kier alpha value is -0.650. The molecule has 2 saturated heterocycles. The van der Waals surface area contributed by atoms with Crippen LogP contribution in [0.4, 0.5) is 0 Å². The summed E-state index contributed by atoms with van der Waals surface area (Å²) in [6.45, 7) is 7.25. The van der Waals surface area contributed by atoms with Crippen molar-refractivity contribution in [2.24, 2.45) is 23.0 Å². The lowest BCUT2D eigenvalue weighted by Gasteiger charge is -2.65. The molecule has 0 aromatic rings. The summed E-state index contributed by atoms with van der Waals surface area (Å²) in [6, 6.07) is 0. The highest BCUT2D eigenvalue weighted by molar-refractivity contribution is 5.89. The van der Waals surface area contributed by atoms with Gasteiger partial charge in [-0.3, -0.25) is 4.79 Å². The monoisotopic (exact) mass is 296 g/mol. The molecule has 0 aromatic carbocycles. The van der Waals surface area contributed by atoms with Crippen molar-refractivity contribution >= 4 is 5.91 Å². The molecule has 2 heterocycles. The number of ether oxygens (including phenoxy) is 2. The Balaban J connectivity index is 1.62. The Kier molecular flexibility index (Phi) is 4.01. The van der Waals surface area contributed by atoms with Crippen LogP contribution in [0.5, 0.6) is 0 Å². The van der Waals surface area contributed by atoms with E-state index in [0.29, 0.717) is 5.92 Å². The number of nitrogens with two attached hydrogens (primary N) is 1. The van der Waals surface area contributed by atoms with Gasteiger partial charge in [0.2, 0.25) is 5.91 Å². The highest BCUT2D eigenvalue weighted by atomic mass is 16.5. The zero-order valence-corrected chi connectivity index (χ0v) is 13.2. The molecule has 1 saturated carbocycles. The van der Waals surface area contributed by atoms with E-state index in [9.17, 15) is 4.79 Å². The predicted molar refractivity (Wildman–Crippen MR) is 79.7 cm³/mol. The van der Waals surface area contributed by atoms with Gasteiger partial charge in [-0.05, 0) is 31.6 Å². The summed E-state index contributed by atoms with van der Waals surface area (Å²) in [4.78, 5) is 12.7. The van der Waals surface area contributed by atoms with Crippen molar-refractivity contribution in [1.29, 1.82) is 0 Å². The van der Waals surface area contributed by atoms with Crippen molar-refractivity contribution in [3.05, 3.63) is 0 Å². The van der Waals surface area contributed by atoms with E-state index in [1.807, 2.05) is 0 Å². The van der Waals surface area contributed by atoms with Crippen molar-refractivity contribution in [2.45, 2.75) is 51.2 Å². The maximum atomic E-state index is 12.7. The third-order valence-corrected chi connectivity index (χ3v) is 5.95. The SMILES string of the molecule is CC1(C)C2OCCCC2C1(N)C(=O)NCC1CCOCC1. The van der Waals surface area contributed by atoms with E-state index in [1.165, 1.54) is 0 Å². The highest BCUT2D eigenvalue weighted by Crippen LogP contribution is 2.57. The average Bonchev–Trinajstić information content (AvgIpc) is 2.52. The van der Waals surface area contributed by atoms with E-state index in [-0.39, 0.29) is 23.3 Å². The fourth-order valence-corrected chi connectivity index (χ4v) is 4.37. The van der Waals surface area contributed by atoms with Gasteiger partial charge in [0.25, 0.3) is 0 Å². The third-order valence-electron chi connectivity index (χ3n) is 5.95. The van der Waals surface area contributed by atoms with E-state index in [1.54, 1.807) is 0 Å². The highest BCUT2D eigenvalue weighted by Gasteiger charge is 2.70. The molecule has 3 aliphatic rings. The Morgan fingerprint density at radius 1 is 1.24 bits per heavy atom. The van der Waals surface area contributed by atoms with Gasteiger partial charge in [0.1, 0.15) is 5.54 Å². The summed E-state index contributed by atoms with van der Waals surface area (Å²) in [5, 5.41) is 3.11. The summed E-state index contributed by atoms with van der Waals surface area (Å²) >= 11 is 0. The molecule has 5 nitrogen and oxygen atoms in total. The Labute approximate surface area is 126 Å². The van der Waals surface area contributed by atoms with E-state index < -0.39 is 5.54 Å². The summed E-state index contributed by atoms with van der Waals surface area (Å²) in [6.07, 6.45) is 4.18. The largest absolute Gasteiger partial charge is 0.381 e. The molecule has 2 aliphatic heterocycles. The van der Waals surface area contributed by atoms with Crippen LogP contribution in [0, 0.1) is 17.3 Å². The van der Waals surface area contributed by atoms with Gasteiger partial charge < -0.3 is 20.5 Å². The van der Waals surface area contributed by atoms with Crippen molar-refractivity contribution in [1.82, 2.24) is 5.32 Å². The lowest BCUT2D eigenvalue weighted by Crippen LogP contribution is -2.82. The summed E-state index contributed by atoms with van der Waals surface area (Å²) in [5.74, 6) is 0.689. The fraction of sp³-hybridized carbons (Fsp3) is 0.938. The van der Waals surface area contributed by atoms with Crippen LogP contribution in [-0.2, 0) is 14.3 Å². The summed E-state index contributed by atoms with van der Waals surface area (Å²) in [5.41, 5.74) is 5.50. The Morgan fingerprint density at radius 3 is 2.67 bits per heavy atom. The number of fused-ring (bicyclic) bond motifs is 1. The first-order valence-electron chi connectivity index (χ1n) is 8.24. The van der Waals surface area contributed by atoms with Crippen LogP contribution in [0.2, 0.25) is 0 Å². The van der Waals surface area contributed by atoms with Gasteiger partial charge in [-0.1, -0.05) is 13.8 Å². The molecule has 21 heavy (non-hydrogen) atoms. The number of amides is 1. The van der Waals surface area contributed by atoms with Gasteiger partial charge in [-0.15, -0.1) is 0 Å². The van der Waals surface area contributed by atoms with Crippen LogP contribution >= 0.6 is 0 Å². The molecule has 5 heteroatoms. The van der Waals surface area contributed by atoms with Gasteiger partial charge in [0.05, 0.1) is 6.10 Å². The second-order valence-corrected chi connectivity index (χ2v) is 7.40. The maximum Gasteiger partial charge on any atom is 0.241 e. The minimum atomic E-state index is -0.788. The van der Waals surface area contributed by atoms with Gasteiger partial charge in [-0.2, -0.15) is 0 Å². The molecule has 3 rings (SSSR count). The normalized spacial score (nSPS) is 39.2. The van der Waals surface area contributed by atoms with Gasteiger partial charge in [0, 0.05) is 37.7 Å². The third kappa shape index (κ3) is 2.30. The molecule has 0 spiro atoms. The van der Waals surface area contributed by atoms with E-state index >= 15 is 0 Å². The summed E-state index contributed by atoms with van der Waals surface area (Å²) in [7, 11) is 0. The van der Waals surface area contributed by atoms with E-state index in [0.717, 1.165) is 52.0 Å². The first-order valence-corrected chi connectivity index (χ1v) is 8.24. The summed E-state index contributed by atoms with van der Waals surface area (Å²) < 4.78 is 11.2. The van der Waals surface area contributed by atoms with Crippen molar-refractivity contribution < 1.29 is 14.3 Å². The van der Waals surface area contributed by atoms with Crippen LogP contribution in [-0.4, -0.2) is 43.9 Å². The number of rotatable bonds is 3. The smallest absolute Gasteiger partial charge is 0.241 e. The van der Waals surface area contributed by atoms with Crippen LogP contribution in [0.3, 0.4) is 0 Å². The van der Waals surface area contributed by atoms with Crippen LogP contribution < -0.4 is 11.1 Å². The van der Waals surface area contributed by atoms with Crippen LogP contribution in [0.15, 0.2) is 0 Å². The fourth-order valence-electron chi connectivity index (χ4n) is 4.37.